The molecule has 4 nitrogen and oxygen atoms in total. The van der Waals surface area contributed by atoms with E-state index in [0.717, 1.165) is 32.8 Å². The molecule has 0 amide bonds. The van der Waals surface area contributed by atoms with E-state index in [1.807, 2.05) is 31.2 Å². The number of rotatable bonds is 3. The van der Waals surface area contributed by atoms with Crippen molar-refractivity contribution < 1.29 is 14.6 Å². The second-order valence-corrected chi connectivity index (χ2v) is 5.51. The molecule has 5 heteroatoms. The molecular weight excluding hydrogens is 322 g/mol. The van der Waals surface area contributed by atoms with Crippen molar-refractivity contribution in [3.8, 4) is 17.2 Å². The highest BCUT2D eigenvalue weighted by Gasteiger charge is 2.16. The minimum Gasteiger partial charge on any atom is -0.508 e. The van der Waals surface area contributed by atoms with Crippen molar-refractivity contribution in [2.24, 2.45) is 0 Å². The summed E-state index contributed by atoms with van der Waals surface area (Å²) < 4.78 is 11.7. The molecule has 0 saturated carbocycles. The molecule has 3 rings (SSSR count). The molecule has 1 heterocycles. The fourth-order valence-corrected chi connectivity index (χ4v) is 2.52. The minimum absolute atomic E-state index is 0.274. The highest BCUT2D eigenvalue weighted by atomic mass is 79.9. The summed E-state index contributed by atoms with van der Waals surface area (Å²) in [5.74, 6) is 1.84. The number of ether oxygens (including phenoxy) is 2. The van der Waals surface area contributed by atoms with E-state index >= 15 is 0 Å². The van der Waals surface area contributed by atoms with Gasteiger partial charge in [0, 0.05) is 16.7 Å². The van der Waals surface area contributed by atoms with Crippen LogP contribution in [0.15, 0.2) is 34.8 Å². The molecule has 1 aliphatic heterocycles. The first-order chi connectivity index (χ1) is 9.63. The predicted molar refractivity (Wildman–Crippen MR) is 80.4 cm³/mol. The Balaban J connectivity index is 1.76. The molecule has 2 N–H and O–H groups in total. The van der Waals surface area contributed by atoms with Gasteiger partial charge in [-0.15, -0.1) is 0 Å². The van der Waals surface area contributed by atoms with Crippen molar-refractivity contribution in [3.63, 3.8) is 0 Å². The zero-order chi connectivity index (χ0) is 14.1. The van der Waals surface area contributed by atoms with Crippen molar-refractivity contribution in [1.29, 1.82) is 0 Å². The molecule has 0 aliphatic carbocycles. The molecule has 0 radical (unpaired) electrons. The van der Waals surface area contributed by atoms with E-state index in [9.17, 15) is 5.11 Å². The number of hydrogen-bond donors (Lipinski definition) is 2. The molecule has 0 fully saturated rings. The number of aryl methyl sites for hydroxylation is 1. The third-order valence-corrected chi connectivity index (χ3v) is 3.96. The number of phenolic OH excluding ortho intramolecular Hbond substituents is 1. The summed E-state index contributed by atoms with van der Waals surface area (Å²) >= 11 is 3.53. The maximum absolute atomic E-state index is 9.51. The quantitative estimate of drug-likeness (QED) is 0.837. The number of phenols is 1. The van der Waals surface area contributed by atoms with Crippen LogP contribution in [0.4, 0.5) is 5.69 Å². The Bertz CT molecular complexity index is 658. The van der Waals surface area contributed by atoms with Crippen LogP contribution in [0.5, 0.6) is 17.2 Å². The van der Waals surface area contributed by atoms with Gasteiger partial charge in [-0.3, -0.25) is 0 Å². The maximum Gasteiger partial charge on any atom is 0.231 e. The third kappa shape index (κ3) is 2.54. The van der Waals surface area contributed by atoms with E-state index in [1.54, 1.807) is 6.07 Å². The lowest BCUT2D eigenvalue weighted by Gasteiger charge is -2.10. The van der Waals surface area contributed by atoms with Crippen molar-refractivity contribution in [3.05, 3.63) is 45.9 Å². The lowest BCUT2D eigenvalue weighted by atomic mass is 10.1. The van der Waals surface area contributed by atoms with Gasteiger partial charge in [0.15, 0.2) is 11.5 Å². The highest BCUT2D eigenvalue weighted by Crippen LogP contribution is 2.37. The first-order valence-electron chi connectivity index (χ1n) is 6.25. The minimum atomic E-state index is 0.274. The average molecular weight is 336 g/mol. The van der Waals surface area contributed by atoms with Gasteiger partial charge in [-0.25, -0.2) is 0 Å². The Hall–Kier alpha value is -1.88. The number of benzene rings is 2. The number of aromatic hydroxyl groups is 1. The standard InChI is InChI=1S/C15H14BrNO3/c1-9-4-11(2-3-13(9)18)17-7-10-5-14-15(6-12(10)16)20-8-19-14/h2-6,17-18H,7-8H2,1H3. The van der Waals surface area contributed by atoms with Crippen LogP contribution >= 0.6 is 15.9 Å². The monoisotopic (exact) mass is 335 g/mol. The summed E-state index contributed by atoms with van der Waals surface area (Å²) in [7, 11) is 0. The molecule has 0 bridgehead atoms. The van der Waals surface area contributed by atoms with E-state index in [1.165, 1.54) is 0 Å². The Labute approximate surface area is 125 Å². The Morgan fingerprint density at radius 3 is 2.70 bits per heavy atom. The number of hydrogen-bond acceptors (Lipinski definition) is 4. The summed E-state index contributed by atoms with van der Waals surface area (Å²) in [6, 6.07) is 9.33. The molecule has 0 aromatic heterocycles. The Kier molecular flexibility index (Phi) is 3.44. The van der Waals surface area contributed by atoms with Gasteiger partial charge in [0.05, 0.1) is 0 Å². The van der Waals surface area contributed by atoms with E-state index in [4.69, 9.17) is 9.47 Å². The van der Waals surface area contributed by atoms with Crippen molar-refractivity contribution in [2.75, 3.05) is 12.1 Å². The van der Waals surface area contributed by atoms with Crippen molar-refractivity contribution >= 4 is 21.6 Å². The smallest absolute Gasteiger partial charge is 0.231 e. The summed E-state index contributed by atoms with van der Waals surface area (Å²) in [5, 5.41) is 12.8. The zero-order valence-corrected chi connectivity index (χ0v) is 12.5. The van der Waals surface area contributed by atoms with Gasteiger partial charge in [-0.05, 0) is 48.4 Å². The van der Waals surface area contributed by atoms with Crippen molar-refractivity contribution in [1.82, 2.24) is 0 Å². The van der Waals surface area contributed by atoms with E-state index < -0.39 is 0 Å². The highest BCUT2D eigenvalue weighted by molar-refractivity contribution is 9.10. The second-order valence-electron chi connectivity index (χ2n) is 4.65. The molecule has 104 valence electrons. The van der Waals surface area contributed by atoms with Gasteiger partial charge in [-0.2, -0.15) is 0 Å². The van der Waals surface area contributed by atoms with Crippen LogP contribution in [0.25, 0.3) is 0 Å². The fourth-order valence-electron chi connectivity index (χ4n) is 2.06. The van der Waals surface area contributed by atoms with Crippen molar-refractivity contribution in [2.45, 2.75) is 13.5 Å². The van der Waals surface area contributed by atoms with Crippen LogP contribution in [0.2, 0.25) is 0 Å². The van der Waals surface area contributed by atoms with Crippen LogP contribution in [0.1, 0.15) is 11.1 Å². The molecule has 0 atom stereocenters. The first kappa shape index (κ1) is 13.1. The lowest BCUT2D eigenvalue weighted by molar-refractivity contribution is 0.174. The molecule has 1 aliphatic rings. The second kappa shape index (κ2) is 5.25. The molecule has 0 saturated heterocycles. The number of fused-ring (bicyclic) bond motifs is 1. The summed E-state index contributed by atoms with van der Waals surface area (Å²) in [4.78, 5) is 0. The van der Waals surface area contributed by atoms with Gasteiger partial charge in [-0.1, -0.05) is 15.9 Å². The topological polar surface area (TPSA) is 50.7 Å². The average Bonchev–Trinajstić information content (AvgIpc) is 2.87. The van der Waals surface area contributed by atoms with Gasteiger partial charge < -0.3 is 19.9 Å². The fraction of sp³-hybridized carbons (Fsp3) is 0.200. The number of anilines is 1. The number of nitrogens with one attached hydrogen (secondary N) is 1. The van der Waals surface area contributed by atoms with Gasteiger partial charge >= 0.3 is 0 Å². The maximum atomic E-state index is 9.51. The van der Waals surface area contributed by atoms with Crippen LogP contribution < -0.4 is 14.8 Å². The Morgan fingerprint density at radius 2 is 1.95 bits per heavy atom. The molecular formula is C15H14BrNO3. The summed E-state index contributed by atoms with van der Waals surface area (Å²) in [5.41, 5.74) is 2.89. The SMILES string of the molecule is Cc1cc(NCc2cc3c(cc2Br)OCO3)ccc1O. The molecule has 2 aromatic rings. The lowest BCUT2D eigenvalue weighted by Crippen LogP contribution is -2.00. The number of halogens is 1. The van der Waals surface area contributed by atoms with Gasteiger partial charge in [0.1, 0.15) is 5.75 Å². The predicted octanol–water partition coefficient (Wildman–Crippen LogP) is 3.80. The van der Waals surface area contributed by atoms with Crippen LogP contribution in [-0.4, -0.2) is 11.9 Å². The van der Waals surface area contributed by atoms with E-state index in [2.05, 4.69) is 21.2 Å². The third-order valence-electron chi connectivity index (χ3n) is 3.22. The molecule has 0 spiro atoms. The van der Waals surface area contributed by atoms with Gasteiger partial charge in [0.25, 0.3) is 0 Å². The first-order valence-corrected chi connectivity index (χ1v) is 7.04. The van der Waals surface area contributed by atoms with Gasteiger partial charge in [0.2, 0.25) is 6.79 Å². The van der Waals surface area contributed by atoms with Crippen LogP contribution in [0, 0.1) is 6.92 Å². The van der Waals surface area contributed by atoms with Crippen LogP contribution in [-0.2, 0) is 6.54 Å². The van der Waals surface area contributed by atoms with E-state index in [0.29, 0.717) is 12.3 Å². The normalized spacial score (nSPS) is 12.5. The molecule has 2 aromatic carbocycles. The Morgan fingerprint density at radius 1 is 1.20 bits per heavy atom. The molecule has 0 unspecified atom stereocenters. The van der Waals surface area contributed by atoms with E-state index in [-0.39, 0.29) is 6.79 Å². The zero-order valence-electron chi connectivity index (χ0n) is 10.9. The summed E-state index contributed by atoms with van der Waals surface area (Å²) in [6.45, 7) is 2.80. The van der Waals surface area contributed by atoms with Crippen LogP contribution in [0.3, 0.4) is 0 Å². The summed E-state index contributed by atoms with van der Waals surface area (Å²) in [6.07, 6.45) is 0. The molecule has 20 heavy (non-hydrogen) atoms. The largest absolute Gasteiger partial charge is 0.508 e.